The summed E-state index contributed by atoms with van der Waals surface area (Å²) >= 11 is 0. The van der Waals surface area contributed by atoms with Gasteiger partial charge < -0.3 is 14.2 Å². The van der Waals surface area contributed by atoms with Crippen LogP contribution in [0.4, 0.5) is 0 Å². The highest BCUT2D eigenvalue weighted by Gasteiger charge is 2.19. The molecule has 0 aliphatic rings. The molecule has 6 nitrogen and oxygen atoms in total. The van der Waals surface area contributed by atoms with Crippen molar-refractivity contribution in [2.75, 3.05) is 13.2 Å². The predicted octanol–water partition coefficient (Wildman–Crippen LogP) is 23.3. The molecule has 0 aromatic heterocycles. The van der Waals surface area contributed by atoms with Crippen LogP contribution < -0.4 is 0 Å². The lowest BCUT2D eigenvalue weighted by Crippen LogP contribution is -2.30. The van der Waals surface area contributed by atoms with E-state index < -0.39 is 6.10 Å². The Morgan fingerprint density at radius 3 is 0.827 bits per heavy atom. The van der Waals surface area contributed by atoms with Gasteiger partial charge in [-0.25, -0.2) is 0 Å². The Kier molecular flexibility index (Phi) is 64.3. The fourth-order valence-electron chi connectivity index (χ4n) is 9.16. The number of unbranched alkanes of at least 4 members (excludes halogenated alkanes) is 27. The van der Waals surface area contributed by atoms with Crippen LogP contribution in [0.15, 0.2) is 134 Å². The van der Waals surface area contributed by atoms with Crippen molar-refractivity contribution >= 4 is 17.9 Å². The number of hydrogen-bond donors (Lipinski definition) is 0. The van der Waals surface area contributed by atoms with Crippen molar-refractivity contribution in [2.24, 2.45) is 0 Å². The van der Waals surface area contributed by atoms with Gasteiger partial charge in [-0.3, -0.25) is 14.4 Å². The quantitative estimate of drug-likeness (QED) is 0.0261. The van der Waals surface area contributed by atoms with Crippen LogP contribution in [0.2, 0.25) is 0 Å². The molecule has 0 bridgehead atoms. The molecule has 0 fully saturated rings. The van der Waals surface area contributed by atoms with Crippen molar-refractivity contribution in [1.29, 1.82) is 0 Å². The second-order valence-corrected chi connectivity index (χ2v) is 22.0. The van der Waals surface area contributed by atoms with Crippen molar-refractivity contribution in [3.8, 4) is 0 Å². The van der Waals surface area contributed by atoms with Gasteiger partial charge in [0, 0.05) is 19.3 Å². The Bertz CT molecular complexity index is 1720. The summed E-state index contributed by atoms with van der Waals surface area (Å²) in [6.07, 6.45) is 96.4. The number of ether oxygens (including phenoxy) is 3. The van der Waals surface area contributed by atoms with Crippen LogP contribution in [0.5, 0.6) is 0 Å². The summed E-state index contributed by atoms with van der Waals surface area (Å²) in [5.74, 6) is -1.01. The summed E-state index contributed by atoms with van der Waals surface area (Å²) < 4.78 is 16.8. The topological polar surface area (TPSA) is 78.9 Å². The van der Waals surface area contributed by atoms with E-state index in [0.717, 1.165) is 122 Å². The first-order valence-electron chi connectivity index (χ1n) is 33.7. The summed E-state index contributed by atoms with van der Waals surface area (Å²) in [4.78, 5) is 38.3. The Morgan fingerprint density at radius 2 is 0.506 bits per heavy atom. The zero-order valence-electron chi connectivity index (χ0n) is 52.8. The fraction of sp³-hybridized carbons (Fsp3) is 0.667. The predicted molar refractivity (Wildman–Crippen MR) is 353 cm³/mol. The molecule has 0 heterocycles. The van der Waals surface area contributed by atoms with Gasteiger partial charge in [0.25, 0.3) is 0 Å². The maximum Gasteiger partial charge on any atom is 0.306 e. The van der Waals surface area contributed by atoms with E-state index >= 15 is 0 Å². The zero-order chi connectivity index (χ0) is 58.5. The van der Waals surface area contributed by atoms with Gasteiger partial charge in [0.05, 0.1) is 0 Å². The third kappa shape index (κ3) is 66.2. The van der Waals surface area contributed by atoms with E-state index in [9.17, 15) is 14.4 Å². The van der Waals surface area contributed by atoms with Crippen LogP contribution in [0.1, 0.15) is 303 Å². The first kappa shape index (κ1) is 76.5. The minimum atomic E-state index is -0.823. The Morgan fingerprint density at radius 1 is 0.259 bits per heavy atom. The van der Waals surface area contributed by atoms with Crippen LogP contribution in [0.3, 0.4) is 0 Å². The molecule has 6 heteroatoms. The average molecular weight is 1120 g/mol. The van der Waals surface area contributed by atoms with E-state index in [2.05, 4.69) is 148 Å². The number of carbonyl (C=O) groups is 3. The monoisotopic (exact) mass is 1120 g/mol. The largest absolute Gasteiger partial charge is 0.462 e. The molecule has 1 unspecified atom stereocenters. The van der Waals surface area contributed by atoms with E-state index in [1.165, 1.54) is 135 Å². The fourth-order valence-corrected chi connectivity index (χ4v) is 9.16. The minimum Gasteiger partial charge on any atom is -0.462 e. The molecule has 1 atom stereocenters. The average Bonchev–Trinajstić information content (AvgIpc) is 3.46. The lowest BCUT2D eigenvalue weighted by molar-refractivity contribution is -0.166. The number of rotatable bonds is 60. The van der Waals surface area contributed by atoms with E-state index in [-0.39, 0.29) is 44.0 Å². The van der Waals surface area contributed by atoms with Crippen molar-refractivity contribution in [3.05, 3.63) is 134 Å². The smallest absolute Gasteiger partial charge is 0.306 e. The number of esters is 3. The minimum absolute atomic E-state index is 0.110. The highest BCUT2D eigenvalue weighted by atomic mass is 16.6. The molecular formula is C75H124O6. The molecule has 0 aromatic rings. The lowest BCUT2D eigenvalue weighted by atomic mass is 10.0. The molecule has 0 spiro atoms. The van der Waals surface area contributed by atoms with Gasteiger partial charge in [0.1, 0.15) is 13.2 Å². The molecule has 0 rings (SSSR count). The van der Waals surface area contributed by atoms with Gasteiger partial charge in [-0.1, -0.05) is 296 Å². The van der Waals surface area contributed by atoms with Crippen LogP contribution >= 0.6 is 0 Å². The van der Waals surface area contributed by atoms with Gasteiger partial charge in [0.2, 0.25) is 0 Å². The first-order chi connectivity index (χ1) is 40.0. The van der Waals surface area contributed by atoms with E-state index in [1.54, 1.807) is 0 Å². The third-order valence-electron chi connectivity index (χ3n) is 14.1. The molecular weight excluding hydrogens is 997 g/mol. The van der Waals surface area contributed by atoms with Crippen molar-refractivity contribution in [1.82, 2.24) is 0 Å². The van der Waals surface area contributed by atoms with Crippen LogP contribution in [0.25, 0.3) is 0 Å². The number of hydrogen-bond acceptors (Lipinski definition) is 6. The number of carbonyl (C=O) groups excluding carboxylic acids is 3. The molecule has 0 aliphatic carbocycles. The maximum absolute atomic E-state index is 12.9. The van der Waals surface area contributed by atoms with Crippen LogP contribution in [0, 0.1) is 0 Å². The molecule has 0 aromatic carbocycles. The van der Waals surface area contributed by atoms with Gasteiger partial charge in [0.15, 0.2) is 6.10 Å². The maximum atomic E-state index is 12.9. The van der Waals surface area contributed by atoms with Gasteiger partial charge in [-0.2, -0.15) is 0 Å². The second kappa shape index (κ2) is 68.1. The summed E-state index contributed by atoms with van der Waals surface area (Å²) in [5, 5.41) is 0. The Hall–Kier alpha value is -4.45. The lowest BCUT2D eigenvalue weighted by Gasteiger charge is -2.18. The van der Waals surface area contributed by atoms with Crippen LogP contribution in [-0.2, 0) is 28.6 Å². The summed E-state index contributed by atoms with van der Waals surface area (Å²) in [6.45, 7) is 6.34. The molecule has 0 saturated carbocycles. The van der Waals surface area contributed by atoms with Gasteiger partial charge in [-0.15, -0.1) is 0 Å². The molecule has 460 valence electrons. The van der Waals surface area contributed by atoms with E-state index in [0.29, 0.717) is 12.8 Å². The summed E-state index contributed by atoms with van der Waals surface area (Å²) in [6, 6.07) is 0. The highest BCUT2D eigenvalue weighted by Crippen LogP contribution is 2.16. The highest BCUT2D eigenvalue weighted by molar-refractivity contribution is 5.71. The van der Waals surface area contributed by atoms with E-state index in [4.69, 9.17) is 14.2 Å². The van der Waals surface area contributed by atoms with Crippen LogP contribution in [-0.4, -0.2) is 37.2 Å². The molecule has 0 amide bonds. The zero-order valence-corrected chi connectivity index (χ0v) is 52.8. The molecule has 0 saturated heterocycles. The normalized spacial score (nSPS) is 13.0. The Labute approximate surface area is 500 Å². The summed E-state index contributed by atoms with van der Waals surface area (Å²) in [5.41, 5.74) is 0. The summed E-state index contributed by atoms with van der Waals surface area (Å²) in [7, 11) is 0. The standard InChI is InChI=1S/C75H124O6/c1-4-7-10-13-16-19-22-25-27-29-31-33-34-35-36-37-38-39-40-42-43-45-47-50-53-56-59-62-65-68-74(77)80-71-72(70-79-73(76)67-64-61-58-55-52-49-24-21-18-15-12-9-6-3)81-75(78)69-66-63-60-57-54-51-48-46-44-41-32-30-28-26-23-20-17-14-11-8-5-2/h8-9,11-12,17-18,20-22,25-26,28-29,31-32,41,46,48-49,52,58,61,72H,4-7,10,13-16,19,23-24,27,30,33-40,42-45,47,50-51,53-57,59-60,62-71H2,1-3H3/b11-8-,12-9-,20-17-,21-18-,25-22-,28-26-,31-29-,41-32-,48-46-,52-49-,61-58-. The molecule has 0 radical (unpaired) electrons. The molecule has 0 N–H and O–H groups in total. The van der Waals surface area contributed by atoms with Crippen molar-refractivity contribution in [3.63, 3.8) is 0 Å². The van der Waals surface area contributed by atoms with Crippen molar-refractivity contribution < 1.29 is 28.6 Å². The SMILES string of the molecule is CC/C=C\C/C=C\C/C=C\C/C=C\C/C=C\CCCCCCCC(=O)OC(COC(=O)CC/C=C\C/C=C\C/C=C\C/C=C\CC)COC(=O)CCCCCCCCCCCCCCCCCCC/C=C\C/C=C\CCCCCCC. The first-order valence-corrected chi connectivity index (χ1v) is 33.7. The van der Waals surface area contributed by atoms with Gasteiger partial charge in [-0.05, 0) is 122 Å². The molecule has 81 heavy (non-hydrogen) atoms. The Balaban J connectivity index is 4.33. The van der Waals surface area contributed by atoms with Crippen molar-refractivity contribution in [2.45, 2.75) is 309 Å². The third-order valence-corrected chi connectivity index (χ3v) is 14.1. The second-order valence-electron chi connectivity index (χ2n) is 22.0. The number of allylic oxidation sites excluding steroid dienone is 22. The van der Waals surface area contributed by atoms with E-state index in [1.807, 2.05) is 6.08 Å². The molecule has 0 aliphatic heterocycles. The van der Waals surface area contributed by atoms with Gasteiger partial charge >= 0.3 is 17.9 Å².